The zero-order chi connectivity index (χ0) is 18.6. The molecule has 1 fully saturated rings. The summed E-state index contributed by atoms with van der Waals surface area (Å²) in [7, 11) is 0. The fourth-order valence-electron chi connectivity index (χ4n) is 2.72. The lowest BCUT2D eigenvalue weighted by atomic mass is 10.1. The molecule has 6 nitrogen and oxygen atoms in total. The largest absolute Gasteiger partial charge is 0.460 e. The molecule has 2 aromatic rings. The number of nitrogens with zero attached hydrogens (tertiary/aromatic N) is 4. The van der Waals surface area contributed by atoms with Crippen molar-refractivity contribution >= 4 is 5.91 Å². The Morgan fingerprint density at radius 3 is 2.65 bits per heavy atom. The SMILES string of the molecule is O=C(Cc1cccnc1)N1CCC(Oc2nccc(C(F)(F)F)n2)CC1. The predicted molar refractivity (Wildman–Crippen MR) is 85.2 cm³/mol. The maximum absolute atomic E-state index is 12.7. The Morgan fingerprint density at radius 2 is 2.00 bits per heavy atom. The summed E-state index contributed by atoms with van der Waals surface area (Å²) in [6.07, 6.45) is 0.764. The number of halogens is 3. The van der Waals surface area contributed by atoms with Crippen LogP contribution in [0.25, 0.3) is 0 Å². The van der Waals surface area contributed by atoms with Crippen LogP contribution >= 0.6 is 0 Å². The van der Waals surface area contributed by atoms with Crippen LogP contribution in [0.2, 0.25) is 0 Å². The van der Waals surface area contributed by atoms with Gasteiger partial charge in [-0.25, -0.2) is 4.98 Å². The third-order valence-electron chi connectivity index (χ3n) is 4.07. The predicted octanol–water partition coefficient (Wildman–Crippen LogP) is 2.50. The number of carbonyl (C=O) groups excluding carboxylic acids is 1. The summed E-state index contributed by atoms with van der Waals surface area (Å²) in [6, 6.07) is 4.12. The summed E-state index contributed by atoms with van der Waals surface area (Å²) in [6.45, 7) is 0.950. The second-order valence-electron chi connectivity index (χ2n) is 5.96. The third-order valence-corrected chi connectivity index (χ3v) is 4.07. The second-order valence-corrected chi connectivity index (χ2v) is 5.96. The van der Waals surface area contributed by atoms with Gasteiger partial charge in [-0.15, -0.1) is 0 Å². The van der Waals surface area contributed by atoms with Crippen LogP contribution in [0.3, 0.4) is 0 Å². The summed E-state index contributed by atoms with van der Waals surface area (Å²) in [5, 5.41) is 0. The molecule has 0 N–H and O–H groups in total. The molecule has 0 saturated carbocycles. The van der Waals surface area contributed by atoms with Crippen LogP contribution in [-0.2, 0) is 17.4 Å². The Morgan fingerprint density at radius 1 is 1.23 bits per heavy atom. The Labute approximate surface area is 148 Å². The zero-order valence-corrected chi connectivity index (χ0v) is 13.8. The van der Waals surface area contributed by atoms with Crippen molar-refractivity contribution in [1.29, 1.82) is 0 Å². The van der Waals surface area contributed by atoms with E-state index in [2.05, 4.69) is 15.0 Å². The zero-order valence-electron chi connectivity index (χ0n) is 13.8. The van der Waals surface area contributed by atoms with Gasteiger partial charge < -0.3 is 9.64 Å². The van der Waals surface area contributed by atoms with E-state index in [0.29, 0.717) is 25.9 Å². The molecule has 0 bridgehead atoms. The monoisotopic (exact) mass is 366 g/mol. The topological polar surface area (TPSA) is 68.2 Å². The first-order chi connectivity index (χ1) is 12.4. The fourth-order valence-corrected chi connectivity index (χ4v) is 2.72. The van der Waals surface area contributed by atoms with E-state index in [1.54, 1.807) is 23.4 Å². The summed E-state index contributed by atoms with van der Waals surface area (Å²) in [4.78, 5) is 25.1. The van der Waals surface area contributed by atoms with E-state index < -0.39 is 11.9 Å². The molecule has 0 aliphatic carbocycles. The van der Waals surface area contributed by atoms with Gasteiger partial charge in [0.05, 0.1) is 6.42 Å². The number of rotatable bonds is 4. The Hall–Kier alpha value is -2.71. The molecule has 3 heterocycles. The highest BCUT2D eigenvalue weighted by molar-refractivity contribution is 5.78. The van der Waals surface area contributed by atoms with Gasteiger partial charge in [-0.3, -0.25) is 9.78 Å². The molecular weight excluding hydrogens is 349 g/mol. The van der Waals surface area contributed by atoms with Crippen LogP contribution in [0, 0.1) is 0 Å². The van der Waals surface area contributed by atoms with Gasteiger partial charge in [0.2, 0.25) is 5.91 Å². The molecule has 1 aliphatic heterocycles. The van der Waals surface area contributed by atoms with Crippen LogP contribution in [0.4, 0.5) is 13.2 Å². The van der Waals surface area contributed by atoms with Crippen molar-refractivity contribution in [3.05, 3.63) is 48.0 Å². The van der Waals surface area contributed by atoms with Crippen molar-refractivity contribution in [2.75, 3.05) is 13.1 Å². The van der Waals surface area contributed by atoms with E-state index in [1.807, 2.05) is 6.07 Å². The smallest absolute Gasteiger partial charge is 0.433 e. The van der Waals surface area contributed by atoms with Gasteiger partial charge in [-0.05, 0) is 17.7 Å². The van der Waals surface area contributed by atoms with Crippen molar-refractivity contribution in [3.63, 3.8) is 0 Å². The van der Waals surface area contributed by atoms with Gasteiger partial charge in [-0.1, -0.05) is 6.07 Å². The van der Waals surface area contributed by atoms with E-state index in [0.717, 1.165) is 17.8 Å². The van der Waals surface area contributed by atoms with Gasteiger partial charge in [-0.2, -0.15) is 18.2 Å². The van der Waals surface area contributed by atoms with Gasteiger partial charge in [0.1, 0.15) is 6.10 Å². The van der Waals surface area contributed by atoms with Gasteiger partial charge in [0.25, 0.3) is 0 Å². The average molecular weight is 366 g/mol. The van der Waals surface area contributed by atoms with E-state index >= 15 is 0 Å². The van der Waals surface area contributed by atoms with E-state index in [9.17, 15) is 18.0 Å². The van der Waals surface area contributed by atoms with Crippen LogP contribution in [0.1, 0.15) is 24.1 Å². The maximum atomic E-state index is 12.7. The van der Waals surface area contributed by atoms with Crippen molar-refractivity contribution in [3.8, 4) is 6.01 Å². The first kappa shape index (κ1) is 18.1. The number of hydrogen-bond donors (Lipinski definition) is 0. The summed E-state index contributed by atoms with van der Waals surface area (Å²) in [5.41, 5.74) is -0.195. The number of alkyl halides is 3. The minimum absolute atomic E-state index is 0.00762. The number of aromatic nitrogens is 3. The summed E-state index contributed by atoms with van der Waals surface area (Å²) < 4.78 is 43.5. The molecule has 0 atom stereocenters. The van der Waals surface area contributed by atoms with Gasteiger partial charge >= 0.3 is 12.2 Å². The Bertz CT molecular complexity index is 747. The molecule has 0 unspecified atom stereocenters. The lowest BCUT2D eigenvalue weighted by Crippen LogP contribution is -2.42. The highest BCUT2D eigenvalue weighted by Crippen LogP contribution is 2.28. The normalized spacial score (nSPS) is 15.7. The molecule has 1 amide bonds. The molecule has 0 aromatic carbocycles. The molecule has 9 heteroatoms. The van der Waals surface area contributed by atoms with Crippen LogP contribution < -0.4 is 4.74 Å². The third kappa shape index (κ3) is 4.68. The van der Waals surface area contributed by atoms with E-state index in [1.165, 1.54) is 0 Å². The molecular formula is C17H17F3N4O2. The molecule has 138 valence electrons. The minimum atomic E-state index is -4.54. The molecule has 2 aromatic heterocycles. The standard InChI is InChI=1S/C17H17F3N4O2/c18-17(19,20)14-3-7-22-16(23-14)26-13-4-8-24(9-5-13)15(25)10-12-2-1-6-21-11-12/h1-3,6-7,11,13H,4-5,8-10H2. The quantitative estimate of drug-likeness (QED) is 0.832. The number of ether oxygens (including phenoxy) is 1. The summed E-state index contributed by atoms with van der Waals surface area (Å²) >= 11 is 0. The molecule has 0 radical (unpaired) electrons. The fraction of sp³-hybridized carbons (Fsp3) is 0.412. The van der Waals surface area contributed by atoms with Gasteiger partial charge in [0, 0.05) is 44.5 Å². The lowest BCUT2D eigenvalue weighted by Gasteiger charge is -2.31. The first-order valence-corrected chi connectivity index (χ1v) is 8.15. The van der Waals surface area contributed by atoms with E-state index in [4.69, 9.17) is 4.74 Å². The highest BCUT2D eigenvalue weighted by atomic mass is 19.4. The van der Waals surface area contributed by atoms with Crippen LogP contribution in [0.15, 0.2) is 36.8 Å². The molecule has 26 heavy (non-hydrogen) atoms. The number of carbonyl (C=O) groups is 1. The van der Waals surface area contributed by atoms with Crippen LogP contribution in [-0.4, -0.2) is 45.0 Å². The lowest BCUT2D eigenvalue weighted by molar-refractivity contribution is -0.141. The van der Waals surface area contributed by atoms with Crippen LogP contribution in [0.5, 0.6) is 6.01 Å². The molecule has 1 aliphatic rings. The highest BCUT2D eigenvalue weighted by Gasteiger charge is 2.33. The first-order valence-electron chi connectivity index (χ1n) is 8.15. The number of likely N-dealkylation sites (tertiary alicyclic amines) is 1. The number of amides is 1. The number of pyridine rings is 1. The minimum Gasteiger partial charge on any atom is -0.460 e. The van der Waals surface area contributed by atoms with Crippen molar-refractivity contribution in [2.45, 2.75) is 31.5 Å². The summed E-state index contributed by atoms with van der Waals surface area (Å²) in [5.74, 6) is -0.00762. The maximum Gasteiger partial charge on any atom is 0.433 e. The Kier molecular flexibility index (Phi) is 5.34. The molecule has 3 rings (SSSR count). The van der Waals surface area contributed by atoms with Crippen molar-refractivity contribution in [2.24, 2.45) is 0 Å². The average Bonchev–Trinajstić information content (AvgIpc) is 2.63. The molecule has 0 spiro atoms. The second kappa shape index (κ2) is 7.67. The van der Waals surface area contributed by atoms with Crippen molar-refractivity contribution in [1.82, 2.24) is 19.9 Å². The Balaban J connectivity index is 1.52. The van der Waals surface area contributed by atoms with Crippen molar-refractivity contribution < 1.29 is 22.7 Å². The van der Waals surface area contributed by atoms with Gasteiger partial charge in [0.15, 0.2) is 5.69 Å². The number of hydrogen-bond acceptors (Lipinski definition) is 5. The van der Waals surface area contributed by atoms with E-state index in [-0.39, 0.29) is 24.4 Å². The molecule has 1 saturated heterocycles. The number of piperidine rings is 1.